The summed E-state index contributed by atoms with van der Waals surface area (Å²) in [5.41, 5.74) is 5.84. The van der Waals surface area contributed by atoms with E-state index in [-0.39, 0.29) is 0 Å². The lowest BCUT2D eigenvalue weighted by Crippen LogP contribution is -2.44. The number of nitrogen functional groups attached to an aromatic ring is 1. The minimum atomic E-state index is 0.298. The highest BCUT2D eigenvalue weighted by Gasteiger charge is 2.16. The molecule has 1 aliphatic rings. The van der Waals surface area contributed by atoms with Crippen LogP contribution in [0.3, 0.4) is 0 Å². The van der Waals surface area contributed by atoms with Crippen molar-refractivity contribution in [2.24, 2.45) is 0 Å². The Morgan fingerprint density at radius 1 is 1.22 bits per heavy atom. The number of likely N-dealkylation sites (N-methyl/N-ethyl adjacent to an activating group) is 1. The average molecular weight is 250 g/mol. The van der Waals surface area contributed by atoms with E-state index in [2.05, 4.69) is 46.0 Å². The van der Waals surface area contributed by atoms with Gasteiger partial charge < -0.3 is 20.9 Å². The summed E-state index contributed by atoms with van der Waals surface area (Å²) in [5, 5.41) is 3.19. The molecule has 18 heavy (non-hydrogen) atoms. The van der Waals surface area contributed by atoms with Gasteiger partial charge in [-0.2, -0.15) is 9.97 Å². The van der Waals surface area contributed by atoms with Crippen LogP contribution in [0.5, 0.6) is 0 Å². The molecular weight excluding hydrogens is 228 g/mol. The molecule has 0 aliphatic carbocycles. The van der Waals surface area contributed by atoms with E-state index in [1.165, 1.54) is 0 Å². The molecule has 100 valence electrons. The number of nitrogens with zero attached hydrogens (tertiary/aromatic N) is 4. The summed E-state index contributed by atoms with van der Waals surface area (Å²) in [6.07, 6.45) is 0. The van der Waals surface area contributed by atoms with Crippen molar-refractivity contribution in [3.8, 4) is 0 Å². The topological polar surface area (TPSA) is 70.3 Å². The van der Waals surface area contributed by atoms with E-state index in [1.54, 1.807) is 0 Å². The third-order valence-corrected chi connectivity index (χ3v) is 2.98. The smallest absolute Gasteiger partial charge is 0.226 e. The van der Waals surface area contributed by atoms with Gasteiger partial charge in [0.05, 0.1) is 0 Å². The van der Waals surface area contributed by atoms with Crippen LogP contribution in [0.4, 0.5) is 17.6 Å². The molecule has 0 saturated carbocycles. The van der Waals surface area contributed by atoms with E-state index < -0.39 is 0 Å². The van der Waals surface area contributed by atoms with E-state index in [0.717, 1.165) is 32.0 Å². The Bertz CT molecular complexity index is 398. The quantitative estimate of drug-likeness (QED) is 0.820. The van der Waals surface area contributed by atoms with Gasteiger partial charge >= 0.3 is 0 Å². The fourth-order valence-corrected chi connectivity index (χ4v) is 1.97. The Balaban J connectivity index is 2.14. The van der Waals surface area contributed by atoms with E-state index in [0.29, 0.717) is 17.8 Å². The lowest BCUT2D eigenvalue weighted by atomic mass is 10.3. The highest BCUT2D eigenvalue weighted by Crippen LogP contribution is 2.18. The second-order valence-corrected chi connectivity index (χ2v) is 5.06. The predicted molar refractivity (Wildman–Crippen MR) is 74.9 cm³/mol. The summed E-state index contributed by atoms with van der Waals surface area (Å²) in [5.74, 6) is 2.04. The molecule has 6 nitrogen and oxygen atoms in total. The van der Waals surface area contributed by atoms with Crippen LogP contribution < -0.4 is 16.0 Å². The van der Waals surface area contributed by atoms with Crippen LogP contribution in [0.15, 0.2) is 6.07 Å². The standard InChI is InChI=1S/C12H22N6/c1-9(2)14-12-15-10(13)8-11(16-12)18-6-4-17(3)5-7-18/h8-9H,4-7H2,1-3H3,(H3,13,14,15,16). The zero-order valence-corrected chi connectivity index (χ0v) is 11.3. The zero-order chi connectivity index (χ0) is 13.1. The van der Waals surface area contributed by atoms with Crippen molar-refractivity contribution in [3.63, 3.8) is 0 Å². The minimum Gasteiger partial charge on any atom is -0.383 e. The van der Waals surface area contributed by atoms with Crippen LogP contribution in [0.1, 0.15) is 13.8 Å². The first-order chi connectivity index (χ1) is 8.54. The SMILES string of the molecule is CC(C)Nc1nc(N)cc(N2CCN(C)CC2)n1. The third kappa shape index (κ3) is 3.22. The number of aromatic nitrogens is 2. The maximum absolute atomic E-state index is 5.84. The Labute approximate surface area is 108 Å². The second kappa shape index (κ2) is 5.39. The van der Waals surface area contributed by atoms with Gasteiger partial charge in [-0.15, -0.1) is 0 Å². The fourth-order valence-electron chi connectivity index (χ4n) is 1.97. The van der Waals surface area contributed by atoms with E-state index in [1.807, 2.05) is 6.07 Å². The molecule has 0 spiro atoms. The Morgan fingerprint density at radius 2 is 1.89 bits per heavy atom. The fraction of sp³-hybridized carbons (Fsp3) is 0.667. The van der Waals surface area contributed by atoms with Gasteiger partial charge in [0.1, 0.15) is 11.6 Å². The predicted octanol–water partition coefficient (Wildman–Crippen LogP) is 0.631. The van der Waals surface area contributed by atoms with Crippen LogP contribution >= 0.6 is 0 Å². The van der Waals surface area contributed by atoms with Crippen molar-refractivity contribution < 1.29 is 0 Å². The number of hydrogen-bond donors (Lipinski definition) is 2. The molecular formula is C12H22N6. The number of nitrogens with one attached hydrogen (secondary N) is 1. The molecule has 1 aromatic rings. The third-order valence-electron chi connectivity index (χ3n) is 2.98. The Kier molecular flexibility index (Phi) is 3.86. The Hall–Kier alpha value is -1.56. The van der Waals surface area contributed by atoms with Crippen molar-refractivity contribution >= 4 is 17.6 Å². The average Bonchev–Trinajstić information content (AvgIpc) is 2.28. The zero-order valence-electron chi connectivity index (χ0n) is 11.3. The highest BCUT2D eigenvalue weighted by molar-refractivity contribution is 5.52. The van der Waals surface area contributed by atoms with Crippen molar-refractivity contribution in [1.29, 1.82) is 0 Å². The van der Waals surface area contributed by atoms with Gasteiger partial charge in [-0.05, 0) is 20.9 Å². The molecule has 1 aromatic heterocycles. The number of anilines is 3. The van der Waals surface area contributed by atoms with Crippen LogP contribution in [-0.4, -0.2) is 54.1 Å². The monoisotopic (exact) mass is 250 g/mol. The molecule has 2 heterocycles. The van der Waals surface area contributed by atoms with Gasteiger partial charge in [-0.3, -0.25) is 0 Å². The van der Waals surface area contributed by atoms with Gasteiger partial charge in [0.2, 0.25) is 5.95 Å². The van der Waals surface area contributed by atoms with Gasteiger partial charge in [-0.1, -0.05) is 0 Å². The summed E-state index contributed by atoms with van der Waals surface area (Å²) in [6, 6.07) is 2.14. The number of piperazine rings is 1. The lowest BCUT2D eigenvalue weighted by molar-refractivity contribution is 0.312. The van der Waals surface area contributed by atoms with Crippen molar-refractivity contribution in [2.75, 3.05) is 49.2 Å². The molecule has 0 bridgehead atoms. The van der Waals surface area contributed by atoms with Crippen LogP contribution in [0.2, 0.25) is 0 Å². The largest absolute Gasteiger partial charge is 0.383 e. The molecule has 0 amide bonds. The summed E-state index contributed by atoms with van der Waals surface area (Å²) in [4.78, 5) is 13.3. The van der Waals surface area contributed by atoms with Crippen molar-refractivity contribution in [2.45, 2.75) is 19.9 Å². The van der Waals surface area contributed by atoms with Crippen molar-refractivity contribution in [1.82, 2.24) is 14.9 Å². The molecule has 2 rings (SSSR count). The van der Waals surface area contributed by atoms with Crippen molar-refractivity contribution in [3.05, 3.63) is 6.07 Å². The first-order valence-electron chi connectivity index (χ1n) is 6.39. The maximum atomic E-state index is 5.84. The summed E-state index contributed by atoms with van der Waals surface area (Å²) in [7, 11) is 2.14. The minimum absolute atomic E-state index is 0.298. The van der Waals surface area contributed by atoms with Crippen LogP contribution in [0.25, 0.3) is 0 Å². The van der Waals surface area contributed by atoms with E-state index in [9.17, 15) is 0 Å². The molecule has 0 radical (unpaired) electrons. The Morgan fingerprint density at radius 3 is 2.50 bits per heavy atom. The normalized spacial score (nSPS) is 17.2. The van der Waals surface area contributed by atoms with Gasteiger partial charge in [0.15, 0.2) is 0 Å². The number of nitrogens with two attached hydrogens (primary N) is 1. The summed E-state index contributed by atoms with van der Waals surface area (Å²) < 4.78 is 0. The second-order valence-electron chi connectivity index (χ2n) is 5.06. The first kappa shape index (κ1) is 12.9. The highest BCUT2D eigenvalue weighted by atomic mass is 15.3. The first-order valence-corrected chi connectivity index (χ1v) is 6.39. The van der Waals surface area contributed by atoms with Gasteiger partial charge in [-0.25, -0.2) is 0 Å². The van der Waals surface area contributed by atoms with Gasteiger partial charge in [0.25, 0.3) is 0 Å². The molecule has 0 aromatic carbocycles. The molecule has 0 atom stereocenters. The summed E-state index contributed by atoms with van der Waals surface area (Å²) >= 11 is 0. The molecule has 0 unspecified atom stereocenters. The summed E-state index contributed by atoms with van der Waals surface area (Å²) in [6.45, 7) is 8.18. The van der Waals surface area contributed by atoms with Gasteiger partial charge in [0, 0.05) is 38.3 Å². The number of rotatable bonds is 3. The molecule has 1 fully saturated rings. The molecule has 1 aliphatic heterocycles. The molecule has 1 saturated heterocycles. The van der Waals surface area contributed by atoms with Crippen LogP contribution in [-0.2, 0) is 0 Å². The molecule has 6 heteroatoms. The van der Waals surface area contributed by atoms with E-state index >= 15 is 0 Å². The van der Waals surface area contributed by atoms with Crippen LogP contribution in [0, 0.1) is 0 Å². The van der Waals surface area contributed by atoms with E-state index in [4.69, 9.17) is 5.73 Å². The number of hydrogen-bond acceptors (Lipinski definition) is 6. The maximum Gasteiger partial charge on any atom is 0.226 e. The molecule has 3 N–H and O–H groups in total. The lowest BCUT2D eigenvalue weighted by Gasteiger charge is -2.33.